The molecule has 1 aromatic heterocycles. The third kappa shape index (κ3) is 2.99. The Bertz CT molecular complexity index is 677. The van der Waals surface area contributed by atoms with Crippen LogP contribution in [0.2, 0.25) is 0 Å². The Kier molecular flexibility index (Phi) is 3.64. The molecule has 0 unspecified atom stereocenters. The largest absolute Gasteiger partial charge is 0.352 e. The number of carbonyl (C=O) groups is 1. The lowest BCUT2D eigenvalue weighted by Gasteiger charge is -2.12. The highest BCUT2D eigenvalue weighted by Gasteiger charge is 2.08. The van der Waals surface area contributed by atoms with Crippen molar-refractivity contribution in [1.82, 2.24) is 9.88 Å². The minimum Gasteiger partial charge on any atom is -0.352 e. The molecule has 0 aliphatic rings. The van der Waals surface area contributed by atoms with E-state index >= 15 is 0 Å². The lowest BCUT2D eigenvalue weighted by molar-refractivity contribution is -0.122. The summed E-state index contributed by atoms with van der Waals surface area (Å²) in [5, 5.41) is 3.05. The first kappa shape index (κ1) is 13.3. The molecular formula is C14H15FN2O2. The molecule has 0 atom stereocenters. The maximum Gasteiger partial charge on any atom is 0.240 e. The first-order valence-corrected chi connectivity index (χ1v) is 6.05. The minimum atomic E-state index is -0.464. The maximum atomic E-state index is 13.2. The summed E-state index contributed by atoms with van der Waals surface area (Å²) in [5.41, 5.74) is 0.294. The summed E-state index contributed by atoms with van der Waals surface area (Å²) in [6.45, 7) is 3.84. The van der Waals surface area contributed by atoms with Crippen molar-refractivity contribution >= 4 is 16.8 Å². The molecule has 0 aliphatic carbocycles. The number of fused-ring (bicyclic) bond motifs is 1. The molecule has 1 heterocycles. The first-order chi connectivity index (χ1) is 8.97. The number of nitrogens with one attached hydrogen (secondary N) is 1. The average molecular weight is 262 g/mol. The van der Waals surface area contributed by atoms with Crippen molar-refractivity contribution in [2.45, 2.75) is 26.4 Å². The molecule has 1 aromatic carbocycles. The zero-order valence-corrected chi connectivity index (χ0v) is 10.8. The predicted molar refractivity (Wildman–Crippen MR) is 71.4 cm³/mol. The topological polar surface area (TPSA) is 51.1 Å². The van der Waals surface area contributed by atoms with Crippen molar-refractivity contribution in [3.8, 4) is 0 Å². The van der Waals surface area contributed by atoms with Crippen LogP contribution in [-0.4, -0.2) is 16.5 Å². The van der Waals surface area contributed by atoms with Gasteiger partial charge in [-0.05, 0) is 32.0 Å². The molecule has 2 aromatic rings. The van der Waals surface area contributed by atoms with Gasteiger partial charge in [0.15, 0.2) is 5.43 Å². The molecule has 5 heteroatoms. The normalized spacial score (nSPS) is 10.9. The summed E-state index contributed by atoms with van der Waals surface area (Å²) in [6, 6.07) is 5.36. The van der Waals surface area contributed by atoms with E-state index in [1.54, 1.807) is 10.8 Å². The monoisotopic (exact) mass is 262 g/mol. The summed E-state index contributed by atoms with van der Waals surface area (Å²) < 4.78 is 14.8. The number of hydrogen-bond donors (Lipinski definition) is 1. The number of hydrogen-bond acceptors (Lipinski definition) is 2. The zero-order chi connectivity index (χ0) is 14.0. The van der Waals surface area contributed by atoms with Gasteiger partial charge in [-0.15, -0.1) is 0 Å². The molecule has 100 valence electrons. The van der Waals surface area contributed by atoms with Gasteiger partial charge < -0.3 is 9.88 Å². The lowest BCUT2D eigenvalue weighted by atomic mass is 10.2. The van der Waals surface area contributed by atoms with Crippen molar-refractivity contribution in [1.29, 1.82) is 0 Å². The second kappa shape index (κ2) is 5.22. The SMILES string of the molecule is CC(C)NC(=O)Cn1ccc(=O)c2cc(F)ccc21. The van der Waals surface area contributed by atoms with E-state index in [-0.39, 0.29) is 29.3 Å². The third-order valence-electron chi connectivity index (χ3n) is 2.70. The highest BCUT2D eigenvalue weighted by molar-refractivity contribution is 5.82. The summed E-state index contributed by atoms with van der Waals surface area (Å²) >= 11 is 0. The van der Waals surface area contributed by atoms with Crippen LogP contribution in [0.25, 0.3) is 10.9 Å². The van der Waals surface area contributed by atoms with Gasteiger partial charge in [-0.1, -0.05) is 0 Å². The van der Waals surface area contributed by atoms with Crippen LogP contribution >= 0.6 is 0 Å². The van der Waals surface area contributed by atoms with Gasteiger partial charge in [-0.3, -0.25) is 9.59 Å². The van der Waals surface area contributed by atoms with Crippen molar-refractivity contribution in [3.63, 3.8) is 0 Å². The van der Waals surface area contributed by atoms with Crippen molar-refractivity contribution < 1.29 is 9.18 Å². The van der Waals surface area contributed by atoms with Gasteiger partial charge in [0.05, 0.1) is 5.52 Å². The van der Waals surface area contributed by atoms with Crippen LogP contribution in [-0.2, 0) is 11.3 Å². The van der Waals surface area contributed by atoms with Crippen LogP contribution in [0.4, 0.5) is 4.39 Å². The summed E-state index contributed by atoms with van der Waals surface area (Å²) in [6.07, 6.45) is 1.54. The van der Waals surface area contributed by atoms with Gasteiger partial charge in [0.2, 0.25) is 5.91 Å². The second-order valence-corrected chi connectivity index (χ2v) is 4.69. The van der Waals surface area contributed by atoms with E-state index in [1.165, 1.54) is 24.3 Å². The Labute approximate surface area is 109 Å². The van der Waals surface area contributed by atoms with E-state index in [0.29, 0.717) is 5.52 Å². The number of carbonyl (C=O) groups excluding carboxylic acids is 1. The van der Waals surface area contributed by atoms with Crippen LogP contribution < -0.4 is 10.7 Å². The fourth-order valence-electron chi connectivity index (χ4n) is 1.94. The first-order valence-electron chi connectivity index (χ1n) is 6.05. The number of halogens is 1. The molecule has 1 N–H and O–H groups in total. The molecular weight excluding hydrogens is 247 g/mol. The Balaban J connectivity index is 2.42. The van der Waals surface area contributed by atoms with E-state index in [2.05, 4.69) is 5.32 Å². The average Bonchev–Trinajstić information content (AvgIpc) is 2.32. The van der Waals surface area contributed by atoms with Crippen LogP contribution in [0.15, 0.2) is 35.3 Å². The van der Waals surface area contributed by atoms with Crippen LogP contribution in [0, 0.1) is 5.82 Å². The molecule has 4 nitrogen and oxygen atoms in total. The summed E-state index contributed by atoms with van der Waals surface area (Å²) in [7, 11) is 0. The van der Waals surface area contributed by atoms with Gasteiger partial charge in [-0.2, -0.15) is 0 Å². The van der Waals surface area contributed by atoms with E-state index < -0.39 is 5.82 Å². The van der Waals surface area contributed by atoms with Crippen molar-refractivity contribution in [2.75, 3.05) is 0 Å². The Morgan fingerprint density at radius 1 is 1.37 bits per heavy atom. The van der Waals surface area contributed by atoms with Crippen LogP contribution in [0.1, 0.15) is 13.8 Å². The quantitative estimate of drug-likeness (QED) is 0.914. The van der Waals surface area contributed by atoms with Gasteiger partial charge in [0.1, 0.15) is 12.4 Å². The molecule has 19 heavy (non-hydrogen) atoms. The van der Waals surface area contributed by atoms with Gasteiger partial charge in [0, 0.05) is 23.7 Å². The highest BCUT2D eigenvalue weighted by atomic mass is 19.1. The fraction of sp³-hybridized carbons (Fsp3) is 0.286. The molecule has 0 saturated heterocycles. The standard InChI is InChI=1S/C14H15FN2O2/c1-9(2)16-14(19)8-17-6-5-13(18)11-7-10(15)3-4-12(11)17/h3-7,9H,8H2,1-2H3,(H,16,19). The van der Waals surface area contributed by atoms with E-state index in [1.807, 2.05) is 13.8 Å². The number of aromatic nitrogens is 1. The van der Waals surface area contributed by atoms with Crippen LogP contribution in [0.3, 0.4) is 0 Å². The second-order valence-electron chi connectivity index (χ2n) is 4.69. The molecule has 0 fully saturated rings. The van der Waals surface area contributed by atoms with E-state index in [0.717, 1.165) is 0 Å². The maximum absolute atomic E-state index is 13.2. The van der Waals surface area contributed by atoms with Gasteiger partial charge in [0.25, 0.3) is 0 Å². The Hall–Kier alpha value is -2.17. The lowest BCUT2D eigenvalue weighted by Crippen LogP contribution is -2.33. The number of rotatable bonds is 3. The number of benzene rings is 1. The smallest absolute Gasteiger partial charge is 0.240 e. The highest BCUT2D eigenvalue weighted by Crippen LogP contribution is 2.11. The molecule has 0 bridgehead atoms. The van der Waals surface area contributed by atoms with Crippen molar-refractivity contribution in [3.05, 3.63) is 46.5 Å². The predicted octanol–water partition coefficient (Wildman–Crippen LogP) is 1.67. The molecule has 0 aliphatic heterocycles. The molecule has 2 rings (SSSR count). The number of amides is 1. The number of pyridine rings is 1. The van der Waals surface area contributed by atoms with Gasteiger partial charge in [-0.25, -0.2) is 4.39 Å². The Morgan fingerprint density at radius 2 is 2.11 bits per heavy atom. The van der Waals surface area contributed by atoms with E-state index in [9.17, 15) is 14.0 Å². The Morgan fingerprint density at radius 3 is 2.79 bits per heavy atom. The molecule has 1 amide bonds. The van der Waals surface area contributed by atoms with Crippen LogP contribution in [0.5, 0.6) is 0 Å². The minimum absolute atomic E-state index is 0.0515. The summed E-state index contributed by atoms with van der Waals surface area (Å²) in [5.74, 6) is -0.613. The molecule has 0 spiro atoms. The van der Waals surface area contributed by atoms with Gasteiger partial charge >= 0.3 is 0 Å². The van der Waals surface area contributed by atoms with Crippen molar-refractivity contribution in [2.24, 2.45) is 0 Å². The zero-order valence-electron chi connectivity index (χ0n) is 10.8. The summed E-state index contributed by atoms with van der Waals surface area (Å²) in [4.78, 5) is 23.4. The molecule has 0 radical (unpaired) electrons. The number of nitrogens with zero attached hydrogens (tertiary/aromatic N) is 1. The fourth-order valence-corrected chi connectivity index (χ4v) is 1.94. The third-order valence-corrected chi connectivity index (χ3v) is 2.70. The molecule has 0 saturated carbocycles. The van der Waals surface area contributed by atoms with E-state index in [4.69, 9.17) is 0 Å².